The van der Waals surface area contributed by atoms with E-state index in [0.29, 0.717) is 5.02 Å². The van der Waals surface area contributed by atoms with Crippen molar-refractivity contribution in [2.75, 3.05) is 7.05 Å². The van der Waals surface area contributed by atoms with Crippen LogP contribution in [0.3, 0.4) is 0 Å². The molecule has 1 nitrogen and oxygen atoms in total. The summed E-state index contributed by atoms with van der Waals surface area (Å²) in [4.78, 5) is 0. The third-order valence-corrected chi connectivity index (χ3v) is 5.75. The van der Waals surface area contributed by atoms with E-state index in [1.54, 1.807) is 17.4 Å². The SMILES string of the molecule is CNC(c1ccc(F)cc1Cl)c1csc2c(Br)cccc12. The summed E-state index contributed by atoms with van der Waals surface area (Å²) in [7, 11) is 1.88. The Morgan fingerprint density at radius 2 is 2.05 bits per heavy atom. The molecular formula is C16H12BrClFNS. The van der Waals surface area contributed by atoms with Crippen molar-refractivity contribution in [3.63, 3.8) is 0 Å². The summed E-state index contributed by atoms with van der Waals surface area (Å²) in [5.74, 6) is -0.323. The van der Waals surface area contributed by atoms with E-state index in [1.165, 1.54) is 22.2 Å². The zero-order valence-corrected chi connectivity index (χ0v) is 14.3. The Hall–Kier alpha value is -0.940. The van der Waals surface area contributed by atoms with Gasteiger partial charge in [-0.25, -0.2) is 4.39 Å². The molecule has 0 aliphatic heterocycles. The monoisotopic (exact) mass is 383 g/mol. The molecule has 1 unspecified atom stereocenters. The van der Waals surface area contributed by atoms with Crippen molar-refractivity contribution in [3.8, 4) is 0 Å². The highest BCUT2D eigenvalue weighted by atomic mass is 79.9. The Morgan fingerprint density at radius 1 is 1.24 bits per heavy atom. The minimum absolute atomic E-state index is 0.0684. The van der Waals surface area contributed by atoms with Crippen molar-refractivity contribution >= 4 is 49.0 Å². The lowest BCUT2D eigenvalue weighted by Crippen LogP contribution is -2.17. The van der Waals surface area contributed by atoms with E-state index in [-0.39, 0.29) is 11.9 Å². The highest BCUT2D eigenvalue weighted by Gasteiger charge is 2.19. The molecule has 0 radical (unpaired) electrons. The van der Waals surface area contributed by atoms with Crippen LogP contribution in [0.5, 0.6) is 0 Å². The molecule has 0 aliphatic rings. The van der Waals surface area contributed by atoms with Crippen molar-refractivity contribution in [1.29, 1.82) is 0 Å². The Balaban J connectivity index is 2.16. The Labute approximate surface area is 139 Å². The largest absolute Gasteiger partial charge is 0.309 e. The maximum atomic E-state index is 13.3. The van der Waals surface area contributed by atoms with Gasteiger partial charge < -0.3 is 5.32 Å². The molecular weight excluding hydrogens is 373 g/mol. The molecule has 1 N–H and O–H groups in total. The van der Waals surface area contributed by atoms with Crippen molar-refractivity contribution < 1.29 is 4.39 Å². The van der Waals surface area contributed by atoms with Crippen molar-refractivity contribution in [1.82, 2.24) is 5.32 Å². The average molecular weight is 385 g/mol. The van der Waals surface area contributed by atoms with Gasteiger partial charge in [-0.2, -0.15) is 0 Å². The summed E-state index contributed by atoms with van der Waals surface area (Å²) >= 11 is 11.5. The van der Waals surface area contributed by atoms with Crippen LogP contribution in [0.1, 0.15) is 17.2 Å². The Kier molecular flexibility index (Phi) is 4.31. The maximum Gasteiger partial charge on any atom is 0.124 e. The van der Waals surface area contributed by atoms with Gasteiger partial charge in [-0.05, 0) is 63.1 Å². The number of hydrogen-bond acceptors (Lipinski definition) is 2. The number of halogens is 3. The molecule has 1 atom stereocenters. The quantitative estimate of drug-likeness (QED) is 0.605. The fourth-order valence-electron chi connectivity index (χ4n) is 2.48. The number of thiophene rings is 1. The van der Waals surface area contributed by atoms with Crippen LogP contribution in [-0.2, 0) is 0 Å². The van der Waals surface area contributed by atoms with Gasteiger partial charge in [-0.15, -0.1) is 11.3 Å². The van der Waals surface area contributed by atoms with Crippen molar-refractivity contribution in [3.05, 3.63) is 68.2 Å². The lowest BCUT2D eigenvalue weighted by Gasteiger charge is -2.18. The first-order valence-electron chi connectivity index (χ1n) is 6.39. The fraction of sp³-hybridized carbons (Fsp3) is 0.125. The summed E-state index contributed by atoms with van der Waals surface area (Å²) in [6.07, 6.45) is 0. The van der Waals surface area contributed by atoms with Crippen LogP contribution in [0, 0.1) is 5.82 Å². The number of fused-ring (bicyclic) bond motifs is 1. The predicted octanol–water partition coefficient (Wildman–Crippen LogP) is 5.77. The third kappa shape index (κ3) is 2.73. The standard InChI is InChI=1S/C16H12BrClFNS/c1-20-15(11-6-5-9(19)7-14(11)18)12-8-21-16-10(12)3-2-4-13(16)17/h2-8,15,20H,1H3. The molecule has 3 rings (SSSR count). The number of nitrogens with one attached hydrogen (secondary N) is 1. The lowest BCUT2D eigenvalue weighted by atomic mass is 9.98. The van der Waals surface area contributed by atoms with Gasteiger partial charge in [-0.1, -0.05) is 29.8 Å². The van der Waals surface area contributed by atoms with E-state index in [0.717, 1.165) is 15.6 Å². The fourth-order valence-corrected chi connectivity index (χ4v) is 4.40. The zero-order chi connectivity index (χ0) is 15.0. The van der Waals surface area contributed by atoms with Gasteiger partial charge in [-0.3, -0.25) is 0 Å². The smallest absolute Gasteiger partial charge is 0.124 e. The number of benzene rings is 2. The van der Waals surface area contributed by atoms with Crippen LogP contribution >= 0.6 is 38.9 Å². The predicted molar refractivity (Wildman–Crippen MR) is 91.8 cm³/mol. The molecule has 1 aromatic heterocycles. The lowest BCUT2D eigenvalue weighted by molar-refractivity contribution is 0.624. The minimum atomic E-state index is -0.323. The molecule has 1 heterocycles. The summed E-state index contributed by atoms with van der Waals surface area (Å²) in [5, 5.41) is 7.01. The number of rotatable bonds is 3. The van der Waals surface area contributed by atoms with E-state index in [9.17, 15) is 4.39 Å². The van der Waals surface area contributed by atoms with Crippen molar-refractivity contribution in [2.45, 2.75) is 6.04 Å². The van der Waals surface area contributed by atoms with Gasteiger partial charge >= 0.3 is 0 Å². The molecule has 0 bridgehead atoms. The zero-order valence-electron chi connectivity index (χ0n) is 11.2. The van der Waals surface area contributed by atoms with E-state index >= 15 is 0 Å². The summed E-state index contributed by atoms with van der Waals surface area (Å²) in [6.45, 7) is 0. The topological polar surface area (TPSA) is 12.0 Å². The molecule has 2 aromatic carbocycles. The summed E-state index contributed by atoms with van der Waals surface area (Å²) in [6, 6.07) is 10.6. The Morgan fingerprint density at radius 3 is 2.76 bits per heavy atom. The van der Waals surface area contributed by atoms with Gasteiger partial charge in [0.15, 0.2) is 0 Å². The van der Waals surface area contributed by atoms with Crippen LogP contribution in [0.15, 0.2) is 46.3 Å². The molecule has 0 spiro atoms. The van der Waals surface area contributed by atoms with E-state index in [2.05, 4.69) is 32.7 Å². The molecule has 0 saturated carbocycles. The van der Waals surface area contributed by atoms with Crippen LogP contribution in [0.2, 0.25) is 5.02 Å². The molecule has 0 fully saturated rings. The first kappa shape index (κ1) is 15.0. The number of hydrogen-bond donors (Lipinski definition) is 1. The second kappa shape index (κ2) is 6.05. The molecule has 21 heavy (non-hydrogen) atoms. The van der Waals surface area contributed by atoms with E-state index < -0.39 is 0 Å². The summed E-state index contributed by atoms with van der Waals surface area (Å²) < 4.78 is 15.5. The van der Waals surface area contributed by atoms with E-state index in [4.69, 9.17) is 11.6 Å². The van der Waals surface area contributed by atoms with Gasteiger partial charge in [0.25, 0.3) is 0 Å². The third-order valence-electron chi connectivity index (χ3n) is 3.45. The van der Waals surface area contributed by atoms with Gasteiger partial charge in [0.2, 0.25) is 0 Å². The van der Waals surface area contributed by atoms with Crippen LogP contribution < -0.4 is 5.32 Å². The molecule has 0 aliphatic carbocycles. The second-order valence-corrected chi connectivity index (χ2v) is 6.84. The average Bonchev–Trinajstić information content (AvgIpc) is 2.87. The van der Waals surface area contributed by atoms with Gasteiger partial charge in [0.05, 0.1) is 6.04 Å². The molecule has 5 heteroatoms. The normalized spacial score (nSPS) is 12.8. The molecule has 0 saturated heterocycles. The highest BCUT2D eigenvalue weighted by Crippen LogP contribution is 2.38. The van der Waals surface area contributed by atoms with Gasteiger partial charge in [0.1, 0.15) is 5.82 Å². The first-order valence-corrected chi connectivity index (χ1v) is 8.44. The second-order valence-electron chi connectivity index (χ2n) is 4.70. The van der Waals surface area contributed by atoms with Gasteiger partial charge in [0, 0.05) is 14.2 Å². The Bertz CT molecular complexity index is 802. The van der Waals surface area contributed by atoms with Crippen LogP contribution in [-0.4, -0.2) is 7.05 Å². The summed E-state index contributed by atoms with van der Waals surface area (Å²) in [5.41, 5.74) is 2.02. The minimum Gasteiger partial charge on any atom is -0.309 e. The first-order chi connectivity index (χ1) is 10.1. The van der Waals surface area contributed by atoms with Crippen molar-refractivity contribution in [2.24, 2.45) is 0 Å². The van der Waals surface area contributed by atoms with Crippen LogP contribution in [0.4, 0.5) is 4.39 Å². The molecule has 108 valence electrons. The van der Waals surface area contributed by atoms with Crippen LogP contribution in [0.25, 0.3) is 10.1 Å². The maximum absolute atomic E-state index is 13.3. The molecule has 3 aromatic rings. The highest BCUT2D eigenvalue weighted by molar-refractivity contribution is 9.10. The molecule has 0 amide bonds. The van der Waals surface area contributed by atoms with E-state index in [1.807, 2.05) is 19.2 Å².